The van der Waals surface area contributed by atoms with Crippen LogP contribution in [0.3, 0.4) is 0 Å². The van der Waals surface area contributed by atoms with E-state index in [0.29, 0.717) is 11.5 Å². The molecule has 0 saturated carbocycles. The average Bonchev–Trinajstić information content (AvgIpc) is 2.52. The number of carboxylic acids is 1. The number of likely N-dealkylation sites (tertiary alicyclic amines) is 1. The van der Waals surface area contributed by atoms with E-state index in [2.05, 4.69) is 6.92 Å². The number of amides is 1. The standard InChI is InChI=1S/C18H26N2O3/c1-13-7-9-20(10-8-13)17(21)12-16(18(22)23)14-5-4-6-15(11-14)19(2)3/h4-6,11,13,16H,7-10,12H2,1-3H3,(H,22,23). The van der Waals surface area contributed by atoms with E-state index >= 15 is 0 Å². The largest absolute Gasteiger partial charge is 0.481 e. The molecule has 1 aliphatic heterocycles. The quantitative estimate of drug-likeness (QED) is 0.906. The van der Waals surface area contributed by atoms with E-state index in [0.717, 1.165) is 31.6 Å². The van der Waals surface area contributed by atoms with Gasteiger partial charge in [-0.3, -0.25) is 9.59 Å². The number of carbonyl (C=O) groups excluding carboxylic acids is 1. The van der Waals surface area contributed by atoms with Gasteiger partial charge in [0.2, 0.25) is 5.91 Å². The Bertz CT molecular complexity index is 563. The minimum atomic E-state index is -0.945. The Balaban J connectivity index is 2.11. The van der Waals surface area contributed by atoms with Crippen molar-refractivity contribution in [3.05, 3.63) is 29.8 Å². The minimum Gasteiger partial charge on any atom is -0.481 e. The summed E-state index contributed by atoms with van der Waals surface area (Å²) in [5.41, 5.74) is 1.62. The molecule has 5 heteroatoms. The van der Waals surface area contributed by atoms with Crippen molar-refractivity contribution >= 4 is 17.6 Å². The Morgan fingerprint density at radius 3 is 2.52 bits per heavy atom. The number of rotatable bonds is 5. The summed E-state index contributed by atoms with van der Waals surface area (Å²) in [5, 5.41) is 9.56. The van der Waals surface area contributed by atoms with Gasteiger partial charge in [0.1, 0.15) is 0 Å². The SMILES string of the molecule is CC1CCN(C(=O)CC(C(=O)O)c2cccc(N(C)C)c2)CC1. The summed E-state index contributed by atoms with van der Waals surface area (Å²) < 4.78 is 0. The molecule has 1 saturated heterocycles. The zero-order valence-corrected chi connectivity index (χ0v) is 14.2. The number of carbonyl (C=O) groups is 2. The zero-order valence-electron chi connectivity index (χ0n) is 14.2. The molecule has 23 heavy (non-hydrogen) atoms. The first-order chi connectivity index (χ1) is 10.9. The van der Waals surface area contributed by atoms with Crippen molar-refractivity contribution in [2.45, 2.75) is 32.1 Å². The maximum Gasteiger partial charge on any atom is 0.311 e. The van der Waals surface area contributed by atoms with Crippen LogP contribution < -0.4 is 4.90 Å². The summed E-state index contributed by atoms with van der Waals surface area (Å²) in [7, 11) is 3.82. The number of carboxylic acid groups (broad SMARTS) is 1. The molecule has 126 valence electrons. The Labute approximate surface area is 137 Å². The van der Waals surface area contributed by atoms with E-state index in [1.165, 1.54) is 0 Å². The highest BCUT2D eigenvalue weighted by atomic mass is 16.4. The molecule has 0 radical (unpaired) electrons. The van der Waals surface area contributed by atoms with E-state index in [9.17, 15) is 14.7 Å². The van der Waals surface area contributed by atoms with Crippen LogP contribution >= 0.6 is 0 Å². The van der Waals surface area contributed by atoms with Gasteiger partial charge in [0.25, 0.3) is 0 Å². The predicted molar refractivity (Wildman–Crippen MR) is 90.7 cm³/mol. The van der Waals surface area contributed by atoms with E-state index in [-0.39, 0.29) is 12.3 Å². The van der Waals surface area contributed by atoms with E-state index in [4.69, 9.17) is 0 Å². The van der Waals surface area contributed by atoms with Gasteiger partial charge in [-0.15, -0.1) is 0 Å². The average molecular weight is 318 g/mol. The van der Waals surface area contributed by atoms with Crippen LogP contribution in [-0.2, 0) is 9.59 Å². The third kappa shape index (κ3) is 4.47. The predicted octanol–water partition coefficient (Wildman–Crippen LogP) is 2.57. The first kappa shape index (κ1) is 17.3. The summed E-state index contributed by atoms with van der Waals surface area (Å²) >= 11 is 0. The highest BCUT2D eigenvalue weighted by Gasteiger charge is 2.28. The molecule has 0 aliphatic carbocycles. The topological polar surface area (TPSA) is 60.9 Å². The lowest BCUT2D eigenvalue weighted by molar-refractivity contribution is -0.143. The second kappa shape index (κ2) is 7.49. The van der Waals surface area contributed by atoms with Crippen molar-refractivity contribution in [3.63, 3.8) is 0 Å². The van der Waals surface area contributed by atoms with Gasteiger partial charge >= 0.3 is 5.97 Å². The normalized spacial score (nSPS) is 16.9. The summed E-state index contributed by atoms with van der Waals surface area (Å²) in [6.45, 7) is 3.67. The van der Waals surface area contributed by atoms with Crippen LogP contribution in [0.5, 0.6) is 0 Å². The van der Waals surface area contributed by atoms with Crippen LogP contribution in [0.2, 0.25) is 0 Å². The van der Waals surface area contributed by atoms with Crippen LogP contribution in [0.1, 0.15) is 37.7 Å². The first-order valence-electron chi connectivity index (χ1n) is 8.16. The van der Waals surface area contributed by atoms with Crippen molar-refractivity contribution in [1.29, 1.82) is 0 Å². The Hall–Kier alpha value is -2.04. The van der Waals surface area contributed by atoms with E-state index in [1.54, 1.807) is 6.07 Å². The molecule has 1 N–H and O–H groups in total. The zero-order chi connectivity index (χ0) is 17.0. The summed E-state index contributed by atoms with van der Waals surface area (Å²) in [4.78, 5) is 27.9. The van der Waals surface area contributed by atoms with Gasteiger partial charge < -0.3 is 14.9 Å². The molecule has 1 aromatic rings. The van der Waals surface area contributed by atoms with Gasteiger partial charge in [0.05, 0.1) is 5.92 Å². The molecule has 0 bridgehead atoms. The molecule has 1 amide bonds. The van der Waals surface area contributed by atoms with Crippen LogP contribution in [0.25, 0.3) is 0 Å². The maximum atomic E-state index is 12.5. The minimum absolute atomic E-state index is 0.0284. The van der Waals surface area contributed by atoms with Gasteiger partial charge in [0.15, 0.2) is 0 Å². The number of benzene rings is 1. The Kier molecular flexibility index (Phi) is 5.64. The van der Waals surface area contributed by atoms with Crippen molar-refractivity contribution in [2.24, 2.45) is 5.92 Å². The van der Waals surface area contributed by atoms with Crippen molar-refractivity contribution < 1.29 is 14.7 Å². The Morgan fingerprint density at radius 1 is 1.30 bits per heavy atom. The molecule has 1 atom stereocenters. The fraction of sp³-hybridized carbons (Fsp3) is 0.556. The number of hydrogen-bond donors (Lipinski definition) is 1. The van der Waals surface area contributed by atoms with Crippen LogP contribution in [0.15, 0.2) is 24.3 Å². The molecule has 1 heterocycles. The van der Waals surface area contributed by atoms with E-state index < -0.39 is 11.9 Å². The Morgan fingerprint density at radius 2 is 1.96 bits per heavy atom. The number of anilines is 1. The number of aliphatic carboxylic acids is 1. The van der Waals surface area contributed by atoms with Gasteiger partial charge in [-0.25, -0.2) is 0 Å². The second-order valence-electron chi connectivity index (χ2n) is 6.65. The summed E-state index contributed by atoms with van der Waals surface area (Å²) in [6.07, 6.45) is 2.03. The summed E-state index contributed by atoms with van der Waals surface area (Å²) in [5.74, 6) is -1.15. The van der Waals surface area contributed by atoms with Gasteiger partial charge in [0, 0.05) is 39.3 Å². The van der Waals surface area contributed by atoms with Crippen LogP contribution in [0.4, 0.5) is 5.69 Å². The van der Waals surface area contributed by atoms with Crippen LogP contribution in [0, 0.1) is 5.92 Å². The molecule has 1 fully saturated rings. The van der Waals surface area contributed by atoms with E-state index in [1.807, 2.05) is 42.1 Å². The summed E-state index contributed by atoms with van der Waals surface area (Å²) in [6, 6.07) is 7.41. The van der Waals surface area contributed by atoms with Crippen molar-refractivity contribution in [3.8, 4) is 0 Å². The first-order valence-corrected chi connectivity index (χ1v) is 8.16. The molecular weight excluding hydrogens is 292 g/mol. The molecule has 2 rings (SSSR count). The van der Waals surface area contributed by atoms with Gasteiger partial charge in [-0.1, -0.05) is 19.1 Å². The fourth-order valence-electron chi connectivity index (χ4n) is 2.93. The lowest BCUT2D eigenvalue weighted by atomic mass is 9.93. The lowest BCUT2D eigenvalue weighted by Gasteiger charge is -2.31. The van der Waals surface area contributed by atoms with Gasteiger partial charge in [-0.2, -0.15) is 0 Å². The second-order valence-corrected chi connectivity index (χ2v) is 6.65. The highest BCUT2D eigenvalue weighted by molar-refractivity contribution is 5.86. The third-order valence-corrected chi connectivity index (χ3v) is 4.60. The molecule has 0 aromatic heterocycles. The van der Waals surface area contributed by atoms with Crippen LogP contribution in [-0.4, -0.2) is 49.1 Å². The molecule has 5 nitrogen and oxygen atoms in total. The third-order valence-electron chi connectivity index (χ3n) is 4.60. The smallest absolute Gasteiger partial charge is 0.311 e. The fourth-order valence-corrected chi connectivity index (χ4v) is 2.93. The number of hydrogen-bond acceptors (Lipinski definition) is 3. The van der Waals surface area contributed by atoms with Gasteiger partial charge in [-0.05, 0) is 36.5 Å². The highest BCUT2D eigenvalue weighted by Crippen LogP contribution is 2.26. The lowest BCUT2D eigenvalue weighted by Crippen LogP contribution is -2.39. The molecular formula is C18H26N2O3. The molecule has 1 unspecified atom stereocenters. The van der Waals surface area contributed by atoms with Crippen molar-refractivity contribution in [2.75, 3.05) is 32.1 Å². The van der Waals surface area contributed by atoms with Crippen molar-refractivity contribution in [1.82, 2.24) is 4.90 Å². The number of nitrogens with zero attached hydrogens (tertiary/aromatic N) is 2. The monoisotopic (exact) mass is 318 g/mol. The molecule has 0 spiro atoms. The number of piperidine rings is 1. The molecule has 1 aliphatic rings. The molecule has 1 aromatic carbocycles. The maximum absolute atomic E-state index is 12.5.